The van der Waals surface area contributed by atoms with Gasteiger partial charge in [0, 0.05) is 27.5 Å². The molecule has 0 aliphatic carbocycles. The smallest absolute Gasteiger partial charge is 0.282 e. The molecule has 3 rings (SSSR count). The molecule has 0 unspecified atom stereocenters. The summed E-state index contributed by atoms with van der Waals surface area (Å²) < 4.78 is 12.9. The zero-order valence-corrected chi connectivity index (χ0v) is 19.4. The lowest BCUT2D eigenvalue weighted by Gasteiger charge is -2.12. The Morgan fingerprint density at radius 1 is 1.35 bits per heavy atom. The van der Waals surface area contributed by atoms with E-state index in [-0.39, 0.29) is 12.2 Å². The molecule has 0 N–H and O–H groups in total. The van der Waals surface area contributed by atoms with Gasteiger partial charge in [0.25, 0.3) is 5.56 Å². The highest BCUT2D eigenvalue weighted by Gasteiger charge is 2.14. The summed E-state index contributed by atoms with van der Waals surface area (Å²) in [6.45, 7) is 1.90. The normalized spacial score (nSPS) is 11.1. The zero-order valence-electron chi connectivity index (χ0n) is 17.1. The topological polar surface area (TPSA) is 89.5 Å². The Hall–Kier alpha value is -2.89. The molecule has 0 aliphatic heterocycles. The van der Waals surface area contributed by atoms with Crippen molar-refractivity contribution in [2.45, 2.75) is 26.2 Å². The van der Waals surface area contributed by atoms with Crippen LogP contribution in [0.5, 0.6) is 11.5 Å². The molecule has 0 atom stereocenters. The van der Waals surface area contributed by atoms with Crippen LogP contribution < -0.4 is 15.0 Å². The Kier molecular flexibility index (Phi) is 7.66. The molecule has 160 valence electrons. The number of benzene rings is 2. The van der Waals surface area contributed by atoms with Crippen LogP contribution in [0, 0.1) is 11.3 Å². The summed E-state index contributed by atoms with van der Waals surface area (Å²) in [5.74, 6) is 1.24. The molecule has 9 heteroatoms. The molecule has 1 aromatic heterocycles. The van der Waals surface area contributed by atoms with Crippen LogP contribution >= 0.6 is 27.5 Å². The molecule has 0 saturated heterocycles. The van der Waals surface area contributed by atoms with Gasteiger partial charge in [0.15, 0.2) is 18.1 Å². The Bertz CT molecular complexity index is 1230. The van der Waals surface area contributed by atoms with E-state index in [0.29, 0.717) is 45.2 Å². The highest BCUT2D eigenvalue weighted by Crippen LogP contribution is 2.34. The van der Waals surface area contributed by atoms with Gasteiger partial charge in [0.05, 0.1) is 24.2 Å². The molecule has 2 aromatic carbocycles. The first-order valence-corrected chi connectivity index (χ1v) is 10.8. The minimum absolute atomic E-state index is 0.175. The summed E-state index contributed by atoms with van der Waals surface area (Å²) in [7, 11) is 1.48. The zero-order chi connectivity index (χ0) is 22.4. The van der Waals surface area contributed by atoms with Crippen LogP contribution in [0.1, 0.15) is 31.2 Å². The van der Waals surface area contributed by atoms with Crippen molar-refractivity contribution in [3.8, 4) is 17.6 Å². The van der Waals surface area contributed by atoms with Crippen LogP contribution in [0.25, 0.3) is 10.9 Å². The average Bonchev–Trinajstić information content (AvgIpc) is 2.76. The first kappa shape index (κ1) is 22.8. The fourth-order valence-electron chi connectivity index (χ4n) is 3.03. The van der Waals surface area contributed by atoms with Crippen molar-refractivity contribution in [3.05, 3.63) is 61.6 Å². The lowest BCUT2D eigenvalue weighted by molar-refractivity contribution is 0.329. The van der Waals surface area contributed by atoms with Gasteiger partial charge < -0.3 is 9.47 Å². The number of hydrogen-bond acceptors (Lipinski definition) is 6. The maximum absolute atomic E-state index is 13.2. The third-order valence-electron chi connectivity index (χ3n) is 4.49. The van der Waals surface area contributed by atoms with Gasteiger partial charge in [-0.15, -0.1) is 0 Å². The van der Waals surface area contributed by atoms with Crippen LogP contribution in [-0.2, 0) is 6.42 Å². The molecule has 0 amide bonds. The Balaban J connectivity index is 2.16. The predicted molar refractivity (Wildman–Crippen MR) is 124 cm³/mol. The van der Waals surface area contributed by atoms with Crippen molar-refractivity contribution in [2.75, 3.05) is 13.7 Å². The molecule has 0 aliphatic rings. The highest BCUT2D eigenvalue weighted by atomic mass is 79.9. The third-order valence-corrected chi connectivity index (χ3v) is 5.20. The maximum atomic E-state index is 13.2. The Morgan fingerprint density at radius 2 is 2.16 bits per heavy atom. The number of unbranched alkanes of at least 4 members (excludes halogenated alkanes) is 1. The number of fused-ring (bicyclic) bond motifs is 1. The molecule has 1 heterocycles. The molecular weight excluding hydrogens is 484 g/mol. The SMILES string of the molecule is CCCCc1nc2ccc(Br)cc2c(=O)n1N=Cc1cc(Cl)cc(OC)c1OCC#N. The van der Waals surface area contributed by atoms with Crippen molar-refractivity contribution in [3.63, 3.8) is 0 Å². The average molecular weight is 504 g/mol. The lowest BCUT2D eigenvalue weighted by Crippen LogP contribution is -2.22. The van der Waals surface area contributed by atoms with Gasteiger partial charge in [0.2, 0.25) is 0 Å². The van der Waals surface area contributed by atoms with Crippen LogP contribution in [0.3, 0.4) is 0 Å². The quantitative estimate of drug-likeness (QED) is 0.406. The number of nitrogens with zero attached hydrogens (tertiary/aromatic N) is 4. The third kappa shape index (κ3) is 5.24. The number of aromatic nitrogens is 2. The van der Waals surface area contributed by atoms with E-state index >= 15 is 0 Å². The molecule has 0 spiro atoms. The second-order valence-corrected chi connectivity index (χ2v) is 7.98. The fourth-order valence-corrected chi connectivity index (χ4v) is 3.60. The van der Waals surface area contributed by atoms with Crippen molar-refractivity contribution >= 4 is 44.6 Å². The minimum Gasteiger partial charge on any atom is -0.493 e. The molecule has 0 saturated carbocycles. The lowest BCUT2D eigenvalue weighted by atomic mass is 10.2. The van der Waals surface area contributed by atoms with Crippen molar-refractivity contribution < 1.29 is 9.47 Å². The number of halogens is 2. The summed E-state index contributed by atoms with van der Waals surface area (Å²) >= 11 is 9.59. The number of hydrogen-bond donors (Lipinski definition) is 0. The summed E-state index contributed by atoms with van der Waals surface area (Å²) in [5, 5.41) is 14.2. The standard InChI is InChI=1S/C22H20BrClN4O3/c1-3-4-5-20-27-18-7-6-15(23)11-17(18)22(29)28(20)26-13-14-10-16(24)12-19(30-2)21(14)31-9-8-25/h6-7,10-13H,3-5,9H2,1-2H3. The molecular formula is C22H20BrClN4O3. The summed E-state index contributed by atoms with van der Waals surface area (Å²) in [5.41, 5.74) is 0.817. The summed E-state index contributed by atoms with van der Waals surface area (Å²) in [6.07, 6.45) is 3.89. The van der Waals surface area contributed by atoms with E-state index in [0.717, 1.165) is 17.3 Å². The Labute approximate surface area is 193 Å². The minimum atomic E-state index is -0.276. The van der Waals surface area contributed by atoms with Crippen LogP contribution in [0.2, 0.25) is 5.02 Å². The molecule has 0 fully saturated rings. The number of ether oxygens (including phenoxy) is 2. The number of methoxy groups -OCH3 is 1. The first-order valence-electron chi connectivity index (χ1n) is 9.61. The largest absolute Gasteiger partial charge is 0.493 e. The Morgan fingerprint density at radius 3 is 2.87 bits per heavy atom. The van der Waals surface area contributed by atoms with E-state index < -0.39 is 0 Å². The van der Waals surface area contributed by atoms with Gasteiger partial charge in [0.1, 0.15) is 11.9 Å². The molecule has 7 nitrogen and oxygen atoms in total. The number of rotatable bonds is 8. The maximum Gasteiger partial charge on any atom is 0.282 e. The monoisotopic (exact) mass is 502 g/mol. The van der Waals surface area contributed by atoms with Gasteiger partial charge in [-0.3, -0.25) is 4.79 Å². The molecule has 3 aromatic rings. The second kappa shape index (κ2) is 10.4. The van der Waals surface area contributed by atoms with E-state index in [1.807, 2.05) is 12.1 Å². The van der Waals surface area contributed by atoms with Crippen molar-refractivity contribution in [1.82, 2.24) is 9.66 Å². The van der Waals surface area contributed by atoms with Gasteiger partial charge in [-0.05, 0) is 30.7 Å². The van der Waals surface area contributed by atoms with Gasteiger partial charge >= 0.3 is 0 Å². The van der Waals surface area contributed by atoms with Crippen LogP contribution in [0.4, 0.5) is 0 Å². The molecule has 0 radical (unpaired) electrons. The van der Waals surface area contributed by atoms with E-state index in [4.69, 9.17) is 26.3 Å². The highest BCUT2D eigenvalue weighted by molar-refractivity contribution is 9.10. The van der Waals surface area contributed by atoms with Gasteiger partial charge in [-0.2, -0.15) is 15.0 Å². The van der Waals surface area contributed by atoms with Gasteiger partial charge in [-0.1, -0.05) is 40.9 Å². The van der Waals surface area contributed by atoms with E-state index in [1.54, 1.807) is 24.3 Å². The van der Waals surface area contributed by atoms with Crippen molar-refractivity contribution in [1.29, 1.82) is 5.26 Å². The number of nitriles is 1. The first-order chi connectivity index (χ1) is 15.0. The van der Waals surface area contributed by atoms with Gasteiger partial charge in [-0.25, -0.2) is 4.98 Å². The van der Waals surface area contributed by atoms with E-state index in [9.17, 15) is 4.79 Å². The second-order valence-electron chi connectivity index (χ2n) is 6.63. The summed E-state index contributed by atoms with van der Waals surface area (Å²) in [4.78, 5) is 17.8. The molecule has 31 heavy (non-hydrogen) atoms. The number of aryl methyl sites for hydroxylation is 1. The van der Waals surface area contributed by atoms with E-state index in [1.165, 1.54) is 18.0 Å². The van der Waals surface area contributed by atoms with Crippen LogP contribution in [-0.4, -0.2) is 29.6 Å². The fraction of sp³-hybridized carbons (Fsp3) is 0.273. The van der Waals surface area contributed by atoms with Crippen molar-refractivity contribution in [2.24, 2.45) is 5.10 Å². The van der Waals surface area contributed by atoms with Crippen LogP contribution in [0.15, 0.2) is 44.7 Å². The predicted octanol–water partition coefficient (Wildman–Crippen LogP) is 4.95. The molecule has 0 bridgehead atoms. The summed E-state index contributed by atoms with van der Waals surface area (Å²) in [6, 6.07) is 10.5. The van der Waals surface area contributed by atoms with E-state index in [2.05, 4.69) is 32.9 Å².